The molecule has 0 saturated carbocycles. The lowest BCUT2D eigenvalue weighted by Crippen LogP contribution is -2.27. The number of rotatable bonds is 5. The van der Waals surface area contributed by atoms with Crippen molar-refractivity contribution in [3.05, 3.63) is 23.8 Å². The SMILES string of the molecule is COc1ccc(CNC(=O)CC(C)(C)C)cc1OC. The first-order valence-corrected chi connectivity index (χ1v) is 6.33. The van der Waals surface area contributed by atoms with Crippen LogP contribution in [0.1, 0.15) is 32.8 Å². The molecule has 1 aromatic rings. The number of hydrogen-bond donors (Lipinski definition) is 1. The first-order chi connectivity index (χ1) is 8.85. The van der Waals surface area contributed by atoms with Crippen LogP contribution in [0.3, 0.4) is 0 Å². The van der Waals surface area contributed by atoms with Crippen molar-refractivity contribution < 1.29 is 14.3 Å². The number of hydrogen-bond acceptors (Lipinski definition) is 3. The van der Waals surface area contributed by atoms with Crippen molar-refractivity contribution in [2.24, 2.45) is 5.41 Å². The van der Waals surface area contributed by atoms with Gasteiger partial charge in [-0.3, -0.25) is 4.79 Å². The van der Waals surface area contributed by atoms with Gasteiger partial charge in [0.05, 0.1) is 14.2 Å². The van der Waals surface area contributed by atoms with Gasteiger partial charge in [-0.25, -0.2) is 0 Å². The van der Waals surface area contributed by atoms with E-state index in [1.54, 1.807) is 14.2 Å². The summed E-state index contributed by atoms with van der Waals surface area (Å²) in [4.78, 5) is 11.7. The fraction of sp³-hybridized carbons (Fsp3) is 0.533. The monoisotopic (exact) mass is 265 g/mol. The maximum atomic E-state index is 11.7. The van der Waals surface area contributed by atoms with E-state index in [0.29, 0.717) is 24.5 Å². The number of carbonyl (C=O) groups excluding carboxylic acids is 1. The van der Waals surface area contributed by atoms with Crippen LogP contribution in [-0.2, 0) is 11.3 Å². The van der Waals surface area contributed by atoms with Gasteiger partial charge in [0.25, 0.3) is 0 Å². The molecule has 0 bridgehead atoms. The quantitative estimate of drug-likeness (QED) is 0.890. The molecule has 0 aliphatic rings. The lowest BCUT2D eigenvalue weighted by Gasteiger charge is -2.17. The van der Waals surface area contributed by atoms with Crippen LogP contribution in [-0.4, -0.2) is 20.1 Å². The van der Waals surface area contributed by atoms with Crippen LogP contribution in [0.4, 0.5) is 0 Å². The van der Waals surface area contributed by atoms with E-state index >= 15 is 0 Å². The second-order valence-corrected chi connectivity index (χ2v) is 5.70. The molecule has 1 N–H and O–H groups in total. The summed E-state index contributed by atoms with van der Waals surface area (Å²) in [6, 6.07) is 5.62. The Bertz CT molecular complexity index is 436. The van der Waals surface area contributed by atoms with E-state index < -0.39 is 0 Å². The van der Waals surface area contributed by atoms with Gasteiger partial charge >= 0.3 is 0 Å². The zero-order valence-corrected chi connectivity index (χ0v) is 12.4. The van der Waals surface area contributed by atoms with Crippen LogP contribution in [0.5, 0.6) is 11.5 Å². The molecular formula is C15H23NO3. The molecule has 4 nitrogen and oxygen atoms in total. The zero-order valence-electron chi connectivity index (χ0n) is 12.4. The number of methoxy groups -OCH3 is 2. The molecule has 0 atom stereocenters. The lowest BCUT2D eigenvalue weighted by atomic mass is 9.92. The second-order valence-electron chi connectivity index (χ2n) is 5.70. The smallest absolute Gasteiger partial charge is 0.220 e. The van der Waals surface area contributed by atoms with Crippen molar-refractivity contribution in [3.63, 3.8) is 0 Å². The van der Waals surface area contributed by atoms with E-state index in [0.717, 1.165) is 5.56 Å². The molecule has 0 radical (unpaired) electrons. The van der Waals surface area contributed by atoms with Crippen LogP contribution in [0, 0.1) is 5.41 Å². The Morgan fingerprint density at radius 2 is 1.79 bits per heavy atom. The average molecular weight is 265 g/mol. The molecule has 0 aliphatic heterocycles. The Kier molecular flexibility index (Phi) is 5.21. The minimum Gasteiger partial charge on any atom is -0.493 e. The summed E-state index contributed by atoms with van der Waals surface area (Å²) >= 11 is 0. The maximum absolute atomic E-state index is 11.7. The van der Waals surface area contributed by atoms with Crippen molar-refractivity contribution in [1.82, 2.24) is 5.32 Å². The van der Waals surface area contributed by atoms with Gasteiger partial charge < -0.3 is 14.8 Å². The van der Waals surface area contributed by atoms with Gasteiger partial charge in [-0.05, 0) is 23.1 Å². The lowest BCUT2D eigenvalue weighted by molar-refractivity contribution is -0.122. The third-order valence-electron chi connectivity index (χ3n) is 2.63. The highest BCUT2D eigenvalue weighted by molar-refractivity contribution is 5.76. The Morgan fingerprint density at radius 3 is 2.32 bits per heavy atom. The van der Waals surface area contributed by atoms with Gasteiger partial charge in [0.2, 0.25) is 5.91 Å². The summed E-state index contributed by atoms with van der Waals surface area (Å²) in [5.41, 5.74) is 0.988. The predicted octanol–water partition coefficient (Wildman–Crippen LogP) is 2.76. The maximum Gasteiger partial charge on any atom is 0.220 e. The van der Waals surface area contributed by atoms with Crippen molar-refractivity contribution in [2.75, 3.05) is 14.2 Å². The Hall–Kier alpha value is -1.71. The van der Waals surface area contributed by atoms with Crippen LogP contribution in [0.15, 0.2) is 18.2 Å². The summed E-state index contributed by atoms with van der Waals surface area (Å²) in [6.07, 6.45) is 0.514. The fourth-order valence-corrected chi connectivity index (χ4v) is 1.74. The molecule has 4 heteroatoms. The van der Waals surface area contributed by atoms with Crippen LogP contribution in [0.25, 0.3) is 0 Å². The average Bonchev–Trinajstić information content (AvgIpc) is 2.33. The molecule has 0 saturated heterocycles. The summed E-state index contributed by atoms with van der Waals surface area (Å²) in [5, 5.41) is 2.91. The Balaban J connectivity index is 2.61. The van der Waals surface area contributed by atoms with Crippen molar-refractivity contribution in [2.45, 2.75) is 33.7 Å². The van der Waals surface area contributed by atoms with E-state index in [1.165, 1.54) is 0 Å². The van der Waals surface area contributed by atoms with Gasteiger partial charge in [0, 0.05) is 13.0 Å². The molecule has 0 fully saturated rings. The number of ether oxygens (including phenoxy) is 2. The number of benzene rings is 1. The largest absolute Gasteiger partial charge is 0.493 e. The first-order valence-electron chi connectivity index (χ1n) is 6.33. The van der Waals surface area contributed by atoms with E-state index in [-0.39, 0.29) is 11.3 Å². The second kappa shape index (κ2) is 6.45. The summed E-state index contributed by atoms with van der Waals surface area (Å²) in [7, 11) is 3.20. The fourth-order valence-electron chi connectivity index (χ4n) is 1.74. The third-order valence-corrected chi connectivity index (χ3v) is 2.63. The predicted molar refractivity (Wildman–Crippen MR) is 75.5 cm³/mol. The molecule has 1 rings (SSSR count). The zero-order chi connectivity index (χ0) is 14.5. The summed E-state index contributed by atoms with van der Waals surface area (Å²) < 4.78 is 10.4. The molecule has 1 aromatic carbocycles. The van der Waals surface area contributed by atoms with Crippen molar-refractivity contribution in [1.29, 1.82) is 0 Å². The molecule has 106 valence electrons. The standard InChI is InChI=1S/C15H23NO3/c1-15(2,3)9-14(17)16-10-11-6-7-12(18-4)13(8-11)19-5/h6-8H,9-10H2,1-5H3,(H,16,17). The molecular weight excluding hydrogens is 242 g/mol. The van der Waals surface area contributed by atoms with Gasteiger partial charge in [-0.1, -0.05) is 26.8 Å². The summed E-state index contributed by atoms with van der Waals surface area (Å²) in [6.45, 7) is 6.63. The minimum atomic E-state index is 0.00167. The molecule has 0 unspecified atom stereocenters. The van der Waals surface area contributed by atoms with Crippen LogP contribution < -0.4 is 14.8 Å². The molecule has 1 amide bonds. The molecule has 0 aliphatic carbocycles. The molecule has 19 heavy (non-hydrogen) atoms. The van der Waals surface area contributed by atoms with Gasteiger partial charge in [-0.15, -0.1) is 0 Å². The van der Waals surface area contributed by atoms with Gasteiger partial charge in [0.1, 0.15) is 0 Å². The van der Waals surface area contributed by atoms with Crippen molar-refractivity contribution >= 4 is 5.91 Å². The van der Waals surface area contributed by atoms with E-state index in [2.05, 4.69) is 5.32 Å². The highest BCUT2D eigenvalue weighted by Crippen LogP contribution is 2.27. The highest BCUT2D eigenvalue weighted by Gasteiger charge is 2.15. The minimum absolute atomic E-state index is 0.00167. The van der Waals surface area contributed by atoms with E-state index in [1.807, 2.05) is 39.0 Å². The van der Waals surface area contributed by atoms with Crippen LogP contribution in [0.2, 0.25) is 0 Å². The molecule has 0 spiro atoms. The van der Waals surface area contributed by atoms with Crippen molar-refractivity contribution in [3.8, 4) is 11.5 Å². The Morgan fingerprint density at radius 1 is 1.16 bits per heavy atom. The summed E-state index contributed by atoms with van der Waals surface area (Å²) in [5.74, 6) is 1.42. The van der Waals surface area contributed by atoms with E-state index in [4.69, 9.17) is 9.47 Å². The number of amides is 1. The van der Waals surface area contributed by atoms with Crippen LogP contribution >= 0.6 is 0 Å². The number of nitrogens with one attached hydrogen (secondary N) is 1. The third kappa shape index (κ3) is 5.20. The first kappa shape index (κ1) is 15.3. The number of carbonyl (C=O) groups is 1. The van der Waals surface area contributed by atoms with Gasteiger partial charge in [0.15, 0.2) is 11.5 Å². The van der Waals surface area contributed by atoms with Gasteiger partial charge in [-0.2, -0.15) is 0 Å². The Labute approximate surface area is 115 Å². The normalized spacial score (nSPS) is 11.0. The van der Waals surface area contributed by atoms with E-state index in [9.17, 15) is 4.79 Å². The molecule has 0 heterocycles. The molecule has 0 aromatic heterocycles. The topological polar surface area (TPSA) is 47.6 Å². The highest BCUT2D eigenvalue weighted by atomic mass is 16.5.